The highest BCUT2D eigenvalue weighted by molar-refractivity contribution is 6.32. The molecule has 3 aromatic rings. The molecule has 0 saturated carbocycles. The molecule has 112 valence electrons. The van der Waals surface area contributed by atoms with Crippen molar-refractivity contribution in [2.45, 2.75) is 6.54 Å². The minimum Gasteiger partial charge on any atom is -0.349 e. The Labute approximate surface area is 132 Å². The highest BCUT2D eigenvalue weighted by atomic mass is 35.5. The molecule has 1 amide bonds. The lowest BCUT2D eigenvalue weighted by Gasteiger charge is -2.05. The van der Waals surface area contributed by atoms with E-state index in [-0.39, 0.29) is 5.91 Å². The van der Waals surface area contributed by atoms with Crippen LogP contribution < -0.4 is 5.32 Å². The maximum absolute atomic E-state index is 12.1. The molecule has 0 aliphatic heterocycles. The minimum atomic E-state index is -0.217. The molecule has 0 fully saturated rings. The van der Waals surface area contributed by atoms with Gasteiger partial charge in [0.2, 0.25) is 0 Å². The second-order valence-corrected chi connectivity index (χ2v) is 5.06. The van der Waals surface area contributed by atoms with Crippen molar-refractivity contribution in [2.75, 3.05) is 6.54 Å². The smallest absolute Gasteiger partial charge is 0.271 e. The molecule has 1 aromatic carbocycles. The third-order valence-corrected chi connectivity index (χ3v) is 3.46. The number of amides is 1. The summed E-state index contributed by atoms with van der Waals surface area (Å²) in [7, 11) is 0. The molecule has 0 aliphatic carbocycles. The largest absolute Gasteiger partial charge is 0.349 e. The van der Waals surface area contributed by atoms with Crippen molar-refractivity contribution in [3.63, 3.8) is 0 Å². The number of hydrogen-bond donors (Lipinski definition) is 1. The Morgan fingerprint density at radius 2 is 2.09 bits per heavy atom. The average Bonchev–Trinajstić information content (AvgIpc) is 3.19. The van der Waals surface area contributed by atoms with Crippen LogP contribution in [-0.4, -0.2) is 31.8 Å². The van der Waals surface area contributed by atoms with Crippen molar-refractivity contribution < 1.29 is 4.79 Å². The molecule has 3 rings (SSSR count). The second kappa shape index (κ2) is 6.44. The van der Waals surface area contributed by atoms with Crippen LogP contribution in [0.5, 0.6) is 0 Å². The van der Waals surface area contributed by atoms with Gasteiger partial charge in [0.15, 0.2) is 5.69 Å². The lowest BCUT2D eigenvalue weighted by Crippen LogP contribution is -2.27. The van der Waals surface area contributed by atoms with Gasteiger partial charge in [-0.25, -0.2) is 9.67 Å². The SMILES string of the molecule is O=C(NCCn1ccnc1)c1ccn(-c2ccccc2Cl)n1. The summed E-state index contributed by atoms with van der Waals surface area (Å²) in [5.41, 5.74) is 1.09. The molecule has 2 aromatic heterocycles. The van der Waals surface area contributed by atoms with E-state index in [1.54, 1.807) is 35.5 Å². The Hall–Kier alpha value is -2.60. The zero-order valence-corrected chi connectivity index (χ0v) is 12.4. The van der Waals surface area contributed by atoms with Gasteiger partial charge in [-0.05, 0) is 18.2 Å². The Balaban J connectivity index is 1.63. The van der Waals surface area contributed by atoms with Crippen LogP contribution in [0.15, 0.2) is 55.2 Å². The van der Waals surface area contributed by atoms with Crippen molar-refractivity contribution in [2.24, 2.45) is 0 Å². The summed E-state index contributed by atoms with van der Waals surface area (Å²) in [6.45, 7) is 1.17. The third kappa shape index (κ3) is 3.17. The van der Waals surface area contributed by atoms with E-state index in [1.165, 1.54) is 0 Å². The van der Waals surface area contributed by atoms with Crippen LogP contribution >= 0.6 is 11.6 Å². The monoisotopic (exact) mass is 315 g/mol. The van der Waals surface area contributed by atoms with E-state index in [9.17, 15) is 4.79 Å². The van der Waals surface area contributed by atoms with Gasteiger partial charge >= 0.3 is 0 Å². The first kappa shape index (κ1) is 14.3. The quantitative estimate of drug-likeness (QED) is 0.784. The molecular weight excluding hydrogens is 302 g/mol. The molecule has 7 heteroatoms. The molecule has 0 bridgehead atoms. The standard InChI is InChI=1S/C15H14ClN5O/c16-12-3-1-2-4-14(12)21-8-5-13(19-21)15(22)18-7-10-20-9-6-17-11-20/h1-6,8-9,11H,7,10H2,(H,18,22). The molecule has 1 N–H and O–H groups in total. The number of imidazole rings is 1. The highest BCUT2D eigenvalue weighted by Gasteiger charge is 2.10. The van der Waals surface area contributed by atoms with E-state index in [2.05, 4.69) is 15.4 Å². The van der Waals surface area contributed by atoms with Crippen molar-refractivity contribution in [3.05, 3.63) is 66.0 Å². The number of carbonyl (C=O) groups is 1. The maximum atomic E-state index is 12.1. The molecule has 0 saturated heterocycles. The molecule has 0 unspecified atom stereocenters. The minimum absolute atomic E-state index is 0.217. The number of halogens is 1. The van der Waals surface area contributed by atoms with E-state index in [0.29, 0.717) is 23.8 Å². The molecule has 6 nitrogen and oxygen atoms in total. The van der Waals surface area contributed by atoms with Crippen molar-refractivity contribution in [1.29, 1.82) is 0 Å². The van der Waals surface area contributed by atoms with E-state index in [4.69, 9.17) is 11.6 Å². The Kier molecular flexibility index (Phi) is 4.20. The Morgan fingerprint density at radius 1 is 1.23 bits per heavy atom. The van der Waals surface area contributed by atoms with E-state index in [1.807, 2.05) is 29.0 Å². The van der Waals surface area contributed by atoms with E-state index >= 15 is 0 Å². The van der Waals surface area contributed by atoms with Gasteiger partial charge in [-0.15, -0.1) is 0 Å². The van der Waals surface area contributed by atoms with Gasteiger partial charge in [0, 0.05) is 31.7 Å². The summed E-state index contributed by atoms with van der Waals surface area (Å²) in [6.07, 6.45) is 6.97. The molecule has 22 heavy (non-hydrogen) atoms. The van der Waals surface area contributed by atoms with Gasteiger partial charge in [-0.3, -0.25) is 4.79 Å². The number of para-hydroxylation sites is 1. The lowest BCUT2D eigenvalue weighted by atomic mass is 10.3. The van der Waals surface area contributed by atoms with Crippen LogP contribution in [0.2, 0.25) is 5.02 Å². The van der Waals surface area contributed by atoms with Gasteiger partial charge < -0.3 is 9.88 Å². The molecule has 0 aliphatic rings. The van der Waals surface area contributed by atoms with Crippen molar-refractivity contribution in [1.82, 2.24) is 24.6 Å². The van der Waals surface area contributed by atoms with E-state index in [0.717, 1.165) is 5.69 Å². The van der Waals surface area contributed by atoms with Crippen LogP contribution in [0.3, 0.4) is 0 Å². The van der Waals surface area contributed by atoms with Crippen LogP contribution in [0, 0.1) is 0 Å². The normalized spacial score (nSPS) is 10.6. The molecule has 0 spiro atoms. The zero-order chi connectivity index (χ0) is 15.4. The van der Waals surface area contributed by atoms with Gasteiger partial charge in [0.05, 0.1) is 17.0 Å². The summed E-state index contributed by atoms with van der Waals surface area (Å²) in [5.74, 6) is -0.217. The maximum Gasteiger partial charge on any atom is 0.271 e. The number of carbonyl (C=O) groups excluding carboxylic acids is 1. The van der Waals surface area contributed by atoms with Crippen LogP contribution in [0.25, 0.3) is 5.69 Å². The first-order valence-electron chi connectivity index (χ1n) is 6.78. The molecule has 0 radical (unpaired) electrons. The fraction of sp³-hybridized carbons (Fsp3) is 0.133. The summed E-state index contributed by atoms with van der Waals surface area (Å²) >= 11 is 6.12. The van der Waals surface area contributed by atoms with Gasteiger partial charge in [-0.1, -0.05) is 23.7 Å². The number of nitrogens with zero attached hydrogens (tertiary/aromatic N) is 4. The molecule has 0 atom stereocenters. The van der Waals surface area contributed by atoms with Crippen molar-refractivity contribution >= 4 is 17.5 Å². The van der Waals surface area contributed by atoms with Gasteiger partial charge in [0.25, 0.3) is 5.91 Å². The summed E-state index contributed by atoms with van der Waals surface area (Å²) < 4.78 is 3.48. The summed E-state index contributed by atoms with van der Waals surface area (Å²) in [6, 6.07) is 9.00. The highest BCUT2D eigenvalue weighted by Crippen LogP contribution is 2.18. The zero-order valence-electron chi connectivity index (χ0n) is 11.7. The van der Waals surface area contributed by atoms with Crippen LogP contribution in [-0.2, 0) is 6.54 Å². The van der Waals surface area contributed by atoms with Crippen LogP contribution in [0.4, 0.5) is 0 Å². The topological polar surface area (TPSA) is 64.7 Å². The van der Waals surface area contributed by atoms with E-state index < -0.39 is 0 Å². The first-order chi connectivity index (χ1) is 10.7. The molecule has 2 heterocycles. The first-order valence-corrected chi connectivity index (χ1v) is 7.16. The third-order valence-electron chi connectivity index (χ3n) is 3.14. The predicted octanol–water partition coefficient (Wildman–Crippen LogP) is 2.15. The number of rotatable bonds is 5. The Bertz CT molecular complexity index is 766. The second-order valence-electron chi connectivity index (χ2n) is 4.65. The average molecular weight is 316 g/mol. The lowest BCUT2D eigenvalue weighted by molar-refractivity contribution is 0.0947. The van der Waals surface area contributed by atoms with Crippen molar-refractivity contribution in [3.8, 4) is 5.69 Å². The number of nitrogens with one attached hydrogen (secondary N) is 1. The number of benzene rings is 1. The Morgan fingerprint density at radius 3 is 2.86 bits per heavy atom. The number of aromatic nitrogens is 4. The predicted molar refractivity (Wildman–Crippen MR) is 83.1 cm³/mol. The number of hydrogen-bond acceptors (Lipinski definition) is 3. The molecular formula is C15H14ClN5O. The fourth-order valence-electron chi connectivity index (χ4n) is 2.02. The fourth-order valence-corrected chi connectivity index (χ4v) is 2.25. The van der Waals surface area contributed by atoms with Gasteiger partial charge in [-0.2, -0.15) is 5.10 Å². The van der Waals surface area contributed by atoms with Crippen LogP contribution in [0.1, 0.15) is 10.5 Å². The summed E-state index contributed by atoms with van der Waals surface area (Å²) in [4.78, 5) is 16.0. The van der Waals surface area contributed by atoms with Gasteiger partial charge in [0.1, 0.15) is 0 Å². The summed E-state index contributed by atoms with van der Waals surface area (Å²) in [5, 5.41) is 7.66.